The van der Waals surface area contributed by atoms with Crippen molar-refractivity contribution in [1.29, 1.82) is 5.26 Å². The molecule has 2 amide bonds. The van der Waals surface area contributed by atoms with Crippen LogP contribution in [-0.4, -0.2) is 70.6 Å². The minimum atomic E-state index is -0.385. The van der Waals surface area contributed by atoms with Crippen LogP contribution in [0.25, 0.3) is 11.1 Å². The first-order valence-corrected chi connectivity index (χ1v) is 12.1. The van der Waals surface area contributed by atoms with Crippen LogP contribution < -0.4 is 4.74 Å². The number of aliphatic hydroxyl groups is 1. The van der Waals surface area contributed by atoms with Crippen LogP contribution in [0.4, 0.5) is 0 Å². The first kappa shape index (κ1) is 24.7. The number of aliphatic hydroxyl groups excluding tert-OH is 1. The number of benzene rings is 1. The average molecular weight is 477 g/mol. The maximum atomic E-state index is 13.6. The van der Waals surface area contributed by atoms with Gasteiger partial charge in [-0.25, -0.2) is 4.98 Å². The minimum Gasteiger partial charge on any atom is -0.472 e. The Kier molecular flexibility index (Phi) is 7.37. The second-order valence-corrected chi connectivity index (χ2v) is 9.81. The van der Waals surface area contributed by atoms with Gasteiger partial charge in [0.05, 0.1) is 30.8 Å². The number of amides is 2. The predicted molar refractivity (Wildman–Crippen MR) is 131 cm³/mol. The zero-order valence-electron chi connectivity index (χ0n) is 20.5. The van der Waals surface area contributed by atoms with Gasteiger partial charge in [-0.3, -0.25) is 9.59 Å². The number of likely N-dealkylation sites (N-methyl/N-ethyl adjacent to an activating group) is 1. The Morgan fingerprint density at radius 2 is 2.03 bits per heavy atom. The van der Waals surface area contributed by atoms with Crippen LogP contribution in [0, 0.1) is 23.2 Å². The lowest BCUT2D eigenvalue weighted by Crippen LogP contribution is -2.50. The maximum Gasteiger partial charge on any atom is 0.259 e. The van der Waals surface area contributed by atoms with Crippen LogP contribution >= 0.6 is 0 Å². The fourth-order valence-corrected chi connectivity index (χ4v) is 4.31. The molecule has 0 spiro atoms. The number of pyridine rings is 1. The van der Waals surface area contributed by atoms with Gasteiger partial charge in [0.15, 0.2) is 0 Å². The summed E-state index contributed by atoms with van der Waals surface area (Å²) in [5.41, 5.74) is 2.42. The van der Waals surface area contributed by atoms with Crippen LogP contribution in [0.2, 0.25) is 0 Å². The number of nitrogens with zero attached hydrogens (tertiary/aromatic N) is 4. The Bertz CT molecular complexity index is 1120. The normalized spacial score (nSPS) is 20.7. The van der Waals surface area contributed by atoms with Gasteiger partial charge in [0.1, 0.15) is 11.7 Å². The number of aromatic nitrogens is 1. The lowest BCUT2D eigenvalue weighted by Gasteiger charge is -2.37. The molecule has 2 heterocycles. The molecule has 1 aromatic carbocycles. The second-order valence-electron chi connectivity index (χ2n) is 9.81. The third-order valence-corrected chi connectivity index (χ3v) is 6.91. The number of hydrogen-bond donors (Lipinski definition) is 1. The Labute approximate surface area is 206 Å². The maximum absolute atomic E-state index is 13.6. The van der Waals surface area contributed by atoms with Gasteiger partial charge in [0.25, 0.3) is 5.91 Å². The van der Waals surface area contributed by atoms with Crippen molar-refractivity contribution in [3.05, 3.63) is 47.7 Å². The molecule has 1 aliphatic carbocycles. The molecular formula is C27H32N4O4. The van der Waals surface area contributed by atoms with Gasteiger partial charge in [-0.15, -0.1) is 0 Å². The molecule has 35 heavy (non-hydrogen) atoms. The van der Waals surface area contributed by atoms with E-state index in [4.69, 9.17) is 10.00 Å². The number of hydrogen-bond acceptors (Lipinski definition) is 6. The molecule has 1 aromatic heterocycles. The van der Waals surface area contributed by atoms with Crippen molar-refractivity contribution in [2.45, 2.75) is 45.3 Å². The molecule has 3 atom stereocenters. The summed E-state index contributed by atoms with van der Waals surface area (Å²) in [4.78, 5) is 34.1. The topological polar surface area (TPSA) is 107 Å². The summed E-state index contributed by atoms with van der Waals surface area (Å²) >= 11 is 0. The number of fused-ring (bicyclic) bond motifs is 1. The highest BCUT2D eigenvalue weighted by atomic mass is 16.5. The molecule has 4 rings (SSSR count). The van der Waals surface area contributed by atoms with Gasteiger partial charge in [-0.1, -0.05) is 19.1 Å². The van der Waals surface area contributed by atoms with Crippen LogP contribution in [-0.2, 0) is 4.79 Å². The second kappa shape index (κ2) is 10.4. The highest BCUT2D eigenvalue weighted by Crippen LogP contribution is 2.33. The molecular weight excluding hydrogens is 444 g/mol. The van der Waals surface area contributed by atoms with E-state index in [9.17, 15) is 14.7 Å². The molecule has 1 N–H and O–H groups in total. The van der Waals surface area contributed by atoms with Crippen LogP contribution in [0.5, 0.6) is 5.88 Å². The lowest BCUT2D eigenvalue weighted by atomic mass is 9.99. The lowest BCUT2D eigenvalue weighted by molar-refractivity contribution is -0.131. The van der Waals surface area contributed by atoms with E-state index < -0.39 is 0 Å². The first-order valence-electron chi connectivity index (χ1n) is 12.1. The van der Waals surface area contributed by atoms with Gasteiger partial charge < -0.3 is 19.6 Å². The van der Waals surface area contributed by atoms with E-state index in [1.54, 1.807) is 41.2 Å². The highest BCUT2D eigenvalue weighted by molar-refractivity contribution is 5.98. The van der Waals surface area contributed by atoms with Crippen LogP contribution in [0.15, 0.2) is 36.5 Å². The molecule has 0 unspecified atom stereocenters. The van der Waals surface area contributed by atoms with E-state index in [1.165, 1.54) is 0 Å². The number of ether oxygens (including phenoxy) is 1. The molecule has 0 saturated heterocycles. The fourth-order valence-electron chi connectivity index (χ4n) is 4.31. The minimum absolute atomic E-state index is 0.0859. The standard InChI is InChI=1S/C27H32N4O4/c1-17-14-31(18(2)16-32)27(34)23-11-22(21-8-6-20(12-28)7-9-21)13-29-26(23)35-24(17)15-30(3)25(33)10-19-4-5-19/h6-9,11,13,17-19,24,32H,4-5,10,14-16H2,1-3H3/t17-,18+,24-/m1/s1. The van der Waals surface area contributed by atoms with E-state index in [0.717, 1.165) is 24.0 Å². The molecule has 1 aliphatic heterocycles. The van der Waals surface area contributed by atoms with E-state index in [-0.39, 0.29) is 42.4 Å². The first-order chi connectivity index (χ1) is 16.8. The van der Waals surface area contributed by atoms with E-state index in [0.29, 0.717) is 36.6 Å². The molecule has 8 heteroatoms. The van der Waals surface area contributed by atoms with Crippen molar-refractivity contribution in [1.82, 2.24) is 14.8 Å². The summed E-state index contributed by atoms with van der Waals surface area (Å²) in [6.45, 7) is 4.41. The summed E-state index contributed by atoms with van der Waals surface area (Å²) in [5, 5.41) is 18.9. The monoisotopic (exact) mass is 476 g/mol. The third kappa shape index (κ3) is 5.63. The largest absolute Gasteiger partial charge is 0.472 e. The molecule has 1 saturated carbocycles. The number of rotatable bonds is 7. The molecule has 0 bridgehead atoms. The Morgan fingerprint density at radius 3 is 2.66 bits per heavy atom. The average Bonchev–Trinajstić information content (AvgIpc) is 3.69. The van der Waals surface area contributed by atoms with E-state index in [2.05, 4.69) is 11.1 Å². The van der Waals surface area contributed by atoms with Gasteiger partial charge in [-0.05, 0) is 49.4 Å². The summed E-state index contributed by atoms with van der Waals surface area (Å²) in [6, 6.07) is 10.5. The summed E-state index contributed by atoms with van der Waals surface area (Å²) in [5.74, 6) is 0.487. The van der Waals surface area contributed by atoms with Gasteiger partial charge >= 0.3 is 0 Å². The van der Waals surface area contributed by atoms with E-state index >= 15 is 0 Å². The predicted octanol–water partition coefficient (Wildman–Crippen LogP) is 3.10. The summed E-state index contributed by atoms with van der Waals surface area (Å²) in [7, 11) is 1.79. The molecule has 8 nitrogen and oxygen atoms in total. The SMILES string of the molecule is C[C@@H]1CN([C@@H](C)CO)C(=O)c2cc(-c3ccc(C#N)cc3)cnc2O[C@@H]1CN(C)C(=O)CC1CC1. The van der Waals surface area contributed by atoms with Crippen molar-refractivity contribution in [3.63, 3.8) is 0 Å². The number of nitriles is 1. The quantitative estimate of drug-likeness (QED) is 0.658. The zero-order valence-corrected chi connectivity index (χ0v) is 20.5. The Balaban J connectivity index is 1.66. The van der Waals surface area contributed by atoms with Crippen molar-refractivity contribution in [2.24, 2.45) is 11.8 Å². The molecule has 2 aliphatic rings. The van der Waals surface area contributed by atoms with Crippen molar-refractivity contribution < 1.29 is 19.4 Å². The van der Waals surface area contributed by atoms with Gasteiger partial charge in [0, 0.05) is 37.7 Å². The van der Waals surface area contributed by atoms with Gasteiger partial charge in [-0.2, -0.15) is 5.26 Å². The summed E-state index contributed by atoms with van der Waals surface area (Å²) < 4.78 is 6.29. The van der Waals surface area contributed by atoms with Crippen LogP contribution in [0.3, 0.4) is 0 Å². The molecule has 184 valence electrons. The van der Waals surface area contributed by atoms with Crippen molar-refractivity contribution >= 4 is 11.8 Å². The highest BCUT2D eigenvalue weighted by Gasteiger charge is 2.35. The summed E-state index contributed by atoms with van der Waals surface area (Å²) in [6.07, 6.45) is 4.08. The van der Waals surface area contributed by atoms with Gasteiger partial charge in [0.2, 0.25) is 11.8 Å². The number of carbonyl (C=O) groups is 2. The molecule has 0 radical (unpaired) electrons. The smallest absolute Gasteiger partial charge is 0.259 e. The van der Waals surface area contributed by atoms with Crippen molar-refractivity contribution in [2.75, 3.05) is 26.7 Å². The fraction of sp³-hybridized carbons (Fsp3) is 0.481. The zero-order chi connectivity index (χ0) is 25.1. The van der Waals surface area contributed by atoms with E-state index in [1.807, 2.05) is 26.0 Å². The Hall–Kier alpha value is -3.44. The molecule has 1 fully saturated rings. The van der Waals surface area contributed by atoms with Crippen molar-refractivity contribution in [3.8, 4) is 23.1 Å². The Morgan fingerprint density at radius 1 is 1.31 bits per heavy atom. The van der Waals surface area contributed by atoms with Crippen LogP contribution in [0.1, 0.15) is 49.0 Å². The third-order valence-electron chi connectivity index (χ3n) is 6.91. The molecule has 2 aromatic rings. The number of carbonyl (C=O) groups excluding carboxylic acids is 2.